The predicted molar refractivity (Wildman–Crippen MR) is 79.9 cm³/mol. The molecule has 1 aromatic carbocycles. The molecule has 0 radical (unpaired) electrons. The predicted octanol–water partition coefficient (Wildman–Crippen LogP) is 1.32. The van der Waals surface area contributed by atoms with E-state index in [1.54, 1.807) is 16.4 Å². The molecule has 1 saturated heterocycles. The summed E-state index contributed by atoms with van der Waals surface area (Å²) in [5, 5.41) is 0. The van der Waals surface area contributed by atoms with Crippen molar-refractivity contribution in [3.8, 4) is 0 Å². The number of hydrogen-bond acceptors (Lipinski definition) is 4. The van der Waals surface area contributed by atoms with Gasteiger partial charge < -0.3 is 5.73 Å². The van der Waals surface area contributed by atoms with Crippen LogP contribution in [0.2, 0.25) is 0 Å². The second kappa shape index (κ2) is 6.74. The third-order valence-corrected chi connectivity index (χ3v) is 6.14. The van der Waals surface area contributed by atoms with Gasteiger partial charge in [0.05, 0.1) is 4.90 Å². The average Bonchev–Trinajstić information content (AvgIpc) is 2.69. The van der Waals surface area contributed by atoms with Crippen molar-refractivity contribution >= 4 is 21.8 Å². The van der Waals surface area contributed by atoms with Crippen molar-refractivity contribution in [1.29, 1.82) is 0 Å². The molecule has 106 valence electrons. The highest BCUT2D eigenvalue weighted by atomic mass is 32.2. The van der Waals surface area contributed by atoms with E-state index in [2.05, 4.69) is 0 Å². The molecular weight excluding hydrogens is 280 g/mol. The zero-order valence-electron chi connectivity index (χ0n) is 10.9. The molecule has 1 aliphatic rings. The summed E-state index contributed by atoms with van der Waals surface area (Å²) in [6.07, 6.45) is 1.70. The van der Waals surface area contributed by atoms with Crippen molar-refractivity contribution in [1.82, 2.24) is 4.31 Å². The first-order valence-corrected chi connectivity index (χ1v) is 9.11. The largest absolute Gasteiger partial charge is 0.330 e. The molecule has 0 aromatic heterocycles. The van der Waals surface area contributed by atoms with Crippen molar-refractivity contribution in [3.05, 3.63) is 29.8 Å². The molecule has 0 unspecified atom stereocenters. The van der Waals surface area contributed by atoms with E-state index in [9.17, 15) is 8.42 Å². The van der Waals surface area contributed by atoms with Gasteiger partial charge >= 0.3 is 0 Å². The molecule has 1 aliphatic heterocycles. The Kier molecular flexibility index (Phi) is 5.27. The Bertz CT molecular complexity index is 492. The minimum absolute atomic E-state index is 0.389. The van der Waals surface area contributed by atoms with Crippen LogP contribution in [-0.4, -0.2) is 43.9 Å². The van der Waals surface area contributed by atoms with Crippen LogP contribution in [-0.2, 0) is 16.4 Å². The van der Waals surface area contributed by atoms with Crippen LogP contribution >= 0.6 is 11.8 Å². The highest BCUT2D eigenvalue weighted by Crippen LogP contribution is 2.20. The third kappa shape index (κ3) is 3.72. The fourth-order valence-electron chi connectivity index (χ4n) is 2.11. The van der Waals surface area contributed by atoms with Crippen molar-refractivity contribution in [2.75, 3.05) is 31.1 Å². The van der Waals surface area contributed by atoms with Crippen molar-refractivity contribution in [2.24, 2.45) is 5.73 Å². The standard InChI is InChI=1S/C13H20N2O2S2/c14-7-6-12-2-4-13(5-3-12)19(16,17)15-8-1-10-18-11-9-15/h2-5H,1,6-11,14H2. The van der Waals surface area contributed by atoms with Gasteiger partial charge in [0.2, 0.25) is 10.0 Å². The van der Waals surface area contributed by atoms with E-state index >= 15 is 0 Å². The SMILES string of the molecule is NCCc1ccc(S(=O)(=O)N2CCCSCC2)cc1. The summed E-state index contributed by atoms with van der Waals surface area (Å²) in [6.45, 7) is 1.81. The number of nitrogens with zero attached hydrogens (tertiary/aromatic N) is 1. The molecule has 0 bridgehead atoms. The van der Waals surface area contributed by atoms with E-state index in [4.69, 9.17) is 5.73 Å². The highest BCUT2D eigenvalue weighted by Gasteiger charge is 2.24. The lowest BCUT2D eigenvalue weighted by Gasteiger charge is -2.19. The molecule has 1 fully saturated rings. The van der Waals surface area contributed by atoms with Crippen LogP contribution in [0.4, 0.5) is 0 Å². The second-order valence-electron chi connectivity index (χ2n) is 4.55. The lowest BCUT2D eigenvalue weighted by Crippen LogP contribution is -2.33. The molecule has 2 N–H and O–H groups in total. The molecule has 0 atom stereocenters. The topological polar surface area (TPSA) is 63.4 Å². The fourth-order valence-corrected chi connectivity index (χ4v) is 4.59. The third-order valence-electron chi connectivity index (χ3n) is 3.18. The summed E-state index contributed by atoms with van der Waals surface area (Å²) in [6, 6.07) is 7.09. The summed E-state index contributed by atoms with van der Waals surface area (Å²) >= 11 is 1.82. The normalized spacial score (nSPS) is 18.2. The van der Waals surface area contributed by atoms with Crippen molar-refractivity contribution in [3.63, 3.8) is 0 Å². The van der Waals surface area contributed by atoms with Crippen LogP contribution in [0.3, 0.4) is 0 Å². The number of nitrogens with two attached hydrogens (primary N) is 1. The molecule has 19 heavy (non-hydrogen) atoms. The van der Waals surface area contributed by atoms with Gasteiger partial charge in [-0.25, -0.2) is 8.42 Å². The van der Waals surface area contributed by atoms with E-state index in [1.807, 2.05) is 23.9 Å². The van der Waals surface area contributed by atoms with Crippen LogP contribution in [0.25, 0.3) is 0 Å². The van der Waals surface area contributed by atoms with Gasteiger partial charge in [0, 0.05) is 18.8 Å². The first-order chi connectivity index (χ1) is 9.14. The Morgan fingerprint density at radius 1 is 1.16 bits per heavy atom. The first-order valence-electron chi connectivity index (χ1n) is 6.51. The summed E-state index contributed by atoms with van der Waals surface area (Å²) in [5.41, 5.74) is 6.57. The Hall–Kier alpha value is -0.560. The monoisotopic (exact) mass is 300 g/mol. The molecule has 4 nitrogen and oxygen atoms in total. The van der Waals surface area contributed by atoms with E-state index in [0.717, 1.165) is 29.9 Å². The molecule has 1 heterocycles. The maximum absolute atomic E-state index is 12.5. The summed E-state index contributed by atoms with van der Waals surface area (Å²) in [4.78, 5) is 0.389. The van der Waals surface area contributed by atoms with Gasteiger partial charge in [-0.05, 0) is 42.8 Å². The van der Waals surface area contributed by atoms with E-state index in [1.165, 1.54) is 0 Å². The Labute approximate surface area is 119 Å². The quantitative estimate of drug-likeness (QED) is 0.911. The number of thioether (sulfide) groups is 1. The van der Waals surface area contributed by atoms with Gasteiger partial charge in [-0.3, -0.25) is 0 Å². The Morgan fingerprint density at radius 2 is 1.89 bits per heavy atom. The maximum Gasteiger partial charge on any atom is 0.243 e. The van der Waals surface area contributed by atoms with Crippen LogP contribution in [0.5, 0.6) is 0 Å². The van der Waals surface area contributed by atoms with Crippen LogP contribution in [0.1, 0.15) is 12.0 Å². The van der Waals surface area contributed by atoms with Gasteiger partial charge in [0.15, 0.2) is 0 Å². The molecular formula is C13H20N2O2S2. The Balaban J connectivity index is 2.18. The molecule has 2 rings (SSSR count). The van der Waals surface area contributed by atoms with Gasteiger partial charge in [0.1, 0.15) is 0 Å². The van der Waals surface area contributed by atoms with E-state index < -0.39 is 10.0 Å². The molecule has 6 heteroatoms. The van der Waals surface area contributed by atoms with Crippen molar-refractivity contribution in [2.45, 2.75) is 17.7 Å². The molecule has 0 amide bonds. The zero-order valence-corrected chi connectivity index (χ0v) is 12.5. The zero-order chi connectivity index (χ0) is 13.7. The van der Waals surface area contributed by atoms with Crippen LogP contribution < -0.4 is 5.73 Å². The smallest absolute Gasteiger partial charge is 0.243 e. The Morgan fingerprint density at radius 3 is 2.58 bits per heavy atom. The summed E-state index contributed by atoms with van der Waals surface area (Å²) in [5.74, 6) is 1.92. The minimum Gasteiger partial charge on any atom is -0.330 e. The van der Waals surface area contributed by atoms with Gasteiger partial charge in [0.25, 0.3) is 0 Å². The lowest BCUT2D eigenvalue weighted by molar-refractivity contribution is 0.435. The first kappa shape index (κ1) is 14.8. The number of sulfonamides is 1. The van der Waals surface area contributed by atoms with E-state index in [0.29, 0.717) is 24.5 Å². The number of rotatable bonds is 4. The van der Waals surface area contributed by atoms with Gasteiger partial charge in [-0.1, -0.05) is 12.1 Å². The molecule has 0 aliphatic carbocycles. The molecule has 0 saturated carbocycles. The summed E-state index contributed by atoms with van der Waals surface area (Å²) < 4.78 is 26.6. The van der Waals surface area contributed by atoms with Crippen LogP contribution in [0, 0.1) is 0 Å². The maximum atomic E-state index is 12.5. The molecule has 0 spiro atoms. The number of benzene rings is 1. The average molecular weight is 300 g/mol. The van der Waals surface area contributed by atoms with E-state index in [-0.39, 0.29) is 0 Å². The van der Waals surface area contributed by atoms with Gasteiger partial charge in [-0.15, -0.1) is 0 Å². The summed E-state index contributed by atoms with van der Waals surface area (Å²) in [7, 11) is -3.33. The van der Waals surface area contributed by atoms with Gasteiger partial charge in [-0.2, -0.15) is 16.1 Å². The highest BCUT2D eigenvalue weighted by molar-refractivity contribution is 7.99. The molecule has 1 aromatic rings. The lowest BCUT2D eigenvalue weighted by atomic mass is 10.2. The second-order valence-corrected chi connectivity index (χ2v) is 7.72. The van der Waals surface area contributed by atoms with Crippen LogP contribution in [0.15, 0.2) is 29.2 Å². The van der Waals surface area contributed by atoms with Crippen molar-refractivity contribution < 1.29 is 8.42 Å². The minimum atomic E-state index is -3.33. The fraction of sp³-hybridized carbons (Fsp3) is 0.538. The number of hydrogen-bond donors (Lipinski definition) is 1.